The van der Waals surface area contributed by atoms with E-state index in [1.54, 1.807) is 11.8 Å². The molecule has 3 heteroatoms. The van der Waals surface area contributed by atoms with Gasteiger partial charge in [-0.3, -0.25) is 4.79 Å². The Morgan fingerprint density at radius 3 is 2.32 bits per heavy atom. The molecule has 4 bridgehead atoms. The van der Waals surface area contributed by atoms with Crippen LogP contribution in [0.2, 0.25) is 0 Å². The number of anilines is 1. The lowest BCUT2D eigenvalue weighted by atomic mass is 9.49. The van der Waals surface area contributed by atoms with Crippen molar-refractivity contribution in [1.29, 1.82) is 0 Å². The molecule has 4 aliphatic carbocycles. The maximum Gasteiger partial charge on any atom is 0.224 e. The normalized spacial score (nSPS) is 35.6. The number of rotatable bonds is 4. The Balaban J connectivity index is 1.46. The van der Waals surface area contributed by atoms with Gasteiger partial charge in [-0.2, -0.15) is 0 Å². The summed E-state index contributed by atoms with van der Waals surface area (Å²) < 4.78 is 0. The fraction of sp³-hybridized carbons (Fsp3) is 0.632. The number of carbonyl (C=O) groups is 1. The predicted octanol–water partition coefficient (Wildman–Crippen LogP) is 4.95. The molecule has 5 rings (SSSR count). The Hall–Kier alpha value is -0.960. The Morgan fingerprint density at radius 2 is 1.73 bits per heavy atom. The highest BCUT2D eigenvalue weighted by molar-refractivity contribution is 7.98. The molecule has 0 heterocycles. The maximum absolute atomic E-state index is 12.6. The topological polar surface area (TPSA) is 29.1 Å². The van der Waals surface area contributed by atoms with Crippen LogP contribution in [0.15, 0.2) is 29.2 Å². The van der Waals surface area contributed by atoms with Crippen LogP contribution in [-0.2, 0) is 4.79 Å². The van der Waals surface area contributed by atoms with Crippen molar-refractivity contribution in [2.24, 2.45) is 23.2 Å². The molecule has 4 saturated carbocycles. The lowest BCUT2D eigenvalue weighted by molar-refractivity contribution is -0.124. The fourth-order valence-corrected chi connectivity index (χ4v) is 6.34. The molecule has 0 aliphatic heterocycles. The van der Waals surface area contributed by atoms with Crippen molar-refractivity contribution in [3.8, 4) is 0 Å². The van der Waals surface area contributed by atoms with E-state index in [0.717, 1.165) is 34.8 Å². The summed E-state index contributed by atoms with van der Waals surface area (Å²) in [6.45, 7) is 0. The molecule has 0 spiro atoms. The molecule has 1 N–H and O–H groups in total. The molecule has 22 heavy (non-hydrogen) atoms. The van der Waals surface area contributed by atoms with E-state index >= 15 is 0 Å². The number of para-hydroxylation sites is 1. The van der Waals surface area contributed by atoms with Crippen LogP contribution in [0.5, 0.6) is 0 Å². The molecule has 4 aliphatic rings. The first kappa shape index (κ1) is 14.6. The van der Waals surface area contributed by atoms with Gasteiger partial charge in [0.15, 0.2) is 0 Å². The first-order chi connectivity index (χ1) is 10.7. The van der Waals surface area contributed by atoms with Crippen LogP contribution in [0.3, 0.4) is 0 Å². The van der Waals surface area contributed by atoms with Crippen LogP contribution < -0.4 is 5.32 Å². The highest BCUT2D eigenvalue weighted by atomic mass is 32.2. The Morgan fingerprint density at radius 1 is 1.14 bits per heavy atom. The zero-order valence-electron chi connectivity index (χ0n) is 13.3. The van der Waals surface area contributed by atoms with Crippen LogP contribution >= 0.6 is 11.8 Å². The SMILES string of the molecule is CSc1ccccc1NC(=O)CC12CC3CC(CC(C3)C1)C2. The summed E-state index contributed by atoms with van der Waals surface area (Å²) in [6, 6.07) is 8.12. The smallest absolute Gasteiger partial charge is 0.224 e. The second kappa shape index (κ2) is 5.59. The maximum atomic E-state index is 12.6. The number of amides is 1. The van der Waals surface area contributed by atoms with Crippen molar-refractivity contribution < 1.29 is 4.79 Å². The molecule has 0 aromatic heterocycles. The lowest BCUT2D eigenvalue weighted by Crippen LogP contribution is -2.47. The first-order valence-electron chi connectivity index (χ1n) is 8.59. The largest absolute Gasteiger partial charge is 0.325 e. The van der Waals surface area contributed by atoms with Gasteiger partial charge in [0.2, 0.25) is 5.91 Å². The molecule has 2 nitrogen and oxygen atoms in total. The van der Waals surface area contributed by atoms with Gasteiger partial charge in [0.25, 0.3) is 0 Å². The molecule has 118 valence electrons. The molecule has 0 atom stereocenters. The fourth-order valence-electron chi connectivity index (χ4n) is 5.79. The highest BCUT2D eigenvalue weighted by Gasteiger charge is 2.51. The van der Waals surface area contributed by atoms with Crippen molar-refractivity contribution >= 4 is 23.4 Å². The summed E-state index contributed by atoms with van der Waals surface area (Å²) in [4.78, 5) is 13.8. The predicted molar refractivity (Wildman–Crippen MR) is 92.1 cm³/mol. The minimum Gasteiger partial charge on any atom is -0.325 e. The molecule has 0 saturated heterocycles. The number of benzene rings is 1. The minimum absolute atomic E-state index is 0.225. The van der Waals surface area contributed by atoms with E-state index < -0.39 is 0 Å². The van der Waals surface area contributed by atoms with Crippen LogP contribution in [0.25, 0.3) is 0 Å². The Labute approximate surface area is 137 Å². The standard InChI is InChI=1S/C19H25NOS/c1-22-17-5-3-2-4-16(17)20-18(21)12-19-9-13-6-14(10-19)8-15(7-13)11-19/h2-5,13-15H,6-12H2,1H3,(H,20,21). The Bertz CT molecular complexity index is 547. The van der Waals surface area contributed by atoms with Crippen LogP contribution in [-0.4, -0.2) is 12.2 Å². The highest BCUT2D eigenvalue weighted by Crippen LogP contribution is 2.61. The second-order valence-electron chi connectivity index (χ2n) is 7.84. The monoisotopic (exact) mass is 315 g/mol. The number of nitrogens with one attached hydrogen (secondary N) is 1. The number of carbonyl (C=O) groups excluding carboxylic acids is 1. The zero-order chi connectivity index (χ0) is 15.2. The van der Waals surface area contributed by atoms with Crippen molar-refractivity contribution in [3.05, 3.63) is 24.3 Å². The van der Waals surface area contributed by atoms with E-state index in [-0.39, 0.29) is 5.91 Å². The summed E-state index contributed by atoms with van der Waals surface area (Å²) in [5, 5.41) is 3.18. The van der Waals surface area contributed by atoms with Gasteiger partial charge in [0.1, 0.15) is 0 Å². The van der Waals surface area contributed by atoms with E-state index in [4.69, 9.17) is 0 Å². The molecule has 1 aromatic rings. The summed E-state index contributed by atoms with van der Waals surface area (Å²) in [5.74, 6) is 2.97. The molecular formula is C19H25NOS. The lowest BCUT2D eigenvalue weighted by Gasteiger charge is -2.56. The van der Waals surface area contributed by atoms with Crippen LogP contribution in [0, 0.1) is 23.2 Å². The van der Waals surface area contributed by atoms with Gasteiger partial charge in [0, 0.05) is 11.3 Å². The van der Waals surface area contributed by atoms with Crippen LogP contribution in [0.4, 0.5) is 5.69 Å². The molecule has 0 radical (unpaired) electrons. The third-order valence-electron chi connectivity index (χ3n) is 6.08. The number of hydrogen-bond acceptors (Lipinski definition) is 2. The van der Waals surface area contributed by atoms with Gasteiger partial charge in [-0.25, -0.2) is 0 Å². The molecular weight excluding hydrogens is 290 g/mol. The van der Waals surface area contributed by atoms with E-state index in [1.165, 1.54) is 38.5 Å². The van der Waals surface area contributed by atoms with E-state index in [1.807, 2.05) is 18.2 Å². The zero-order valence-corrected chi connectivity index (χ0v) is 14.1. The number of thioether (sulfide) groups is 1. The van der Waals surface area contributed by atoms with Gasteiger partial charge in [0.05, 0.1) is 5.69 Å². The van der Waals surface area contributed by atoms with Gasteiger partial charge in [-0.1, -0.05) is 12.1 Å². The van der Waals surface area contributed by atoms with E-state index in [9.17, 15) is 4.79 Å². The van der Waals surface area contributed by atoms with Gasteiger partial charge < -0.3 is 5.32 Å². The van der Waals surface area contributed by atoms with Crippen LogP contribution in [0.1, 0.15) is 44.9 Å². The van der Waals surface area contributed by atoms with Crippen molar-refractivity contribution in [2.75, 3.05) is 11.6 Å². The van der Waals surface area contributed by atoms with E-state index in [0.29, 0.717) is 5.41 Å². The molecule has 1 aromatic carbocycles. The van der Waals surface area contributed by atoms with Gasteiger partial charge in [-0.05, 0) is 80.1 Å². The summed E-state index contributed by atoms with van der Waals surface area (Å²) in [7, 11) is 0. The first-order valence-corrected chi connectivity index (χ1v) is 9.81. The molecule has 1 amide bonds. The van der Waals surface area contributed by atoms with Crippen molar-refractivity contribution in [3.63, 3.8) is 0 Å². The summed E-state index contributed by atoms with van der Waals surface area (Å²) in [6.07, 6.45) is 11.0. The van der Waals surface area contributed by atoms with E-state index in [2.05, 4.69) is 17.6 Å². The number of hydrogen-bond donors (Lipinski definition) is 1. The quantitative estimate of drug-likeness (QED) is 0.796. The second-order valence-corrected chi connectivity index (χ2v) is 8.69. The minimum atomic E-state index is 0.225. The third kappa shape index (κ3) is 2.68. The summed E-state index contributed by atoms with van der Waals surface area (Å²) >= 11 is 1.69. The average Bonchev–Trinajstić information content (AvgIpc) is 2.45. The van der Waals surface area contributed by atoms with Crippen molar-refractivity contribution in [1.82, 2.24) is 0 Å². The Kier molecular flexibility index (Phi) is 3.72. The van der Waals surface area contributed by atoms with Crippen molar-refractivity contribution in [2.45, 2.75) is 49.8 Å². The van der Waals surface area contributed by atoms with Gasteiger partial charge in [-0.15, -0.1) is 11.8 Å². The van der Waals surface area contributed by atoms with Gasteiger partial charge >= 0.3 is 0 Å². The third-order valence-corrected chi connectivity index (χ3v) is 6.88. The average molecular weight is 315 g/mol. The summed E-state index contributed by atoms with van der Waals surface area (Å²) in [5.41, 5.74) is 1.30. The molecule has 0 unspecified atom stereocenters. The molecule has 4 fully saturated rings.